The van der Waals surface area contributed by atoms with Crippen LogP contribution in [-0.2, 0) is 20.7 Å². The fourth-order valence-electron chi connectivity index (χ4n) is 3.53. The molecule has 3 aromatic rings. The summed E-state index contributed by atoms with van der Waals surface area (Å²) in [5, 5.41) is 2.73. The highest BCUT2D eigenvalue weighted by Crippen LogP contribution is 2.34. The van der Waals surface area contributed by atoms with Crippen molar-refractivity contribution in [2.75, 3.05) is 14.2 Å². The van der Waals surface area contributed by atoms with E-state index >= 15 is 0 Å². The number of benzene rings is 1. The van der Waals surface area contributed by atoms with Gasteiger partial charge in [0.15, 0.2) is 5.58 Å². The number of esters is 1. The van der Waals surface area contributed by atoms with Gasteiger partial charge < -0.3 is 23.6 Å². The minimum absolute atomic E-state index is 0.0379. The maximum absolute atomic E-state index is 12.9. The molecule has 0 aliphatic rings. The first kappa shape index (κ1) is 23.1. The van der Waals surface area contributed by atoms with Crippen LogP contribution in [0.25, 0.3) is 22.5 Å². The Balaban J connectivity index is 2.02. The molecule has 8 heteroatoms. The molecule has 170 valence electrons. The van der Waals surface area contributed by atoms with E-state index in [-0.39, 0.29) is 28.9 Å². The van der Waals surface area contributed by atoms with Gasteiger partial charge in [-0.05, 0) is 43.5 Å². The molecule has 3 rings (SSSR count). The normalized spacial score (nSPS) is 12.1. The third-order valence-electron chi connectivity index (χ3n) is 5.00. The molecule has 2 heterocycles. The van der Waals surface area contributed by atoms with Gasteiger partial charge in [0.25, 0.3) is 0 Å². The standard InChI is InChI=1S/C24H27NO7/c1-13(2)10-18(24(28)30-5)25-20(27)12-17-21(15-6-8-16(29-4)9-7-15)32-23-19(26)11-14(3)31-22(17)23/h6-9,11,13,18H,10,12H2,1-5H3,(H,25,27)/t18-/m0/s1. The van der Waals surface area contributed by atoms with Crippen molar-refractivity contribution in [1.82, 2.24) is 5.32 Å². The fraction of sp³-hybridized carbons (Fsp3) is 0.375. The maximum Gasteiger partial charge on any atom is 0.328 e. The Hall–Kier alpha value is -3.55. The van der Waals surface area contributed by atoms with E-state index in [1.807, 2.05) is 13.8 Å². The van der Waals surface area contributed by atoms with E-state index in [0.29, 0.717) is 34.8 Å². The van der Waals surface area contributed by atoms with Crippen LogP contribution in [0, 0.1) is 12.8 Å². The number of ether oxygens (including phenoxy) is 2. The Kier molecular flexibility index (Phi) is 7.02. The Morgan fingerprint density at radius 2 is 1.75 bits per heavy atom. The number of aryl methyl sites for hydroxylation is 1. The number of furan rings is 1. The monoisotopic (exact) mass is 441 g/mol. The summed E-state index contributed by atoms with van der Waals surface area (Å²) in [5.41, 5.74) is 1.00. The lowest BCUT2D eigenvalue weighted by molar-refractivity contribution is -0.145. The highest BCUT2D eigenvalue weighted by atomic mass is 16.5. The van der Waals surface area contributed by atoms with Gasteiger partial charge in [-0.1, -0.05) is 13.8 Å². The molecule has 1 atom stereocenters. The summed E-state index contributed by atoms with van der Waals surface area (Å²) in [7, 11) is 2.84. The Bertz CT molecular complexity index is 1170. The smallest absolute Gasteiger partial charge is 0.328 e. The molecule has 0 spiro atoms. The highest BCUT2D eigenvalue weighted by Gasteiger charge is 2.26. The van der Waals surface area contributed by atoms with Gasteiger partial charge in [-0.15, -0.1) is 0 Å². The molecule has 0 saturated heterocycles. The number of hydrogen-bond donors (Lipinski definition) is 1. The van der Waals surface area contributed by atoms with Crippen LogP contribution in [0.5, 0.6) is 5.75 Å². The summed E-state index contributed by atoms with van der Waals surface area (Å²) in [6.07, 6.45) is 0.288. The number of methoxy groups -OCH3 is 2. The molecule has 0 aliphatic heterocycles. The van der Waals surface area contributed by atoms with Crippen molar-refractivity contribution < 1.29 is 27.9 Å². The van der Waals surface area contributed by atoms with Crippen LogP contribution in [0.1, 0.15) is 31.6 Å². The van der Waals surface area contributed by atoms with Gasteiger partial charge in [0.2, 0.25) is 16.9 Å². The van der Waals surface area contributed by atoms with Crippen molar-refractivity contribution in [2.45, 2.75) is 39.7 Å². The molecule has 32 heavy (non-hydrogen) atoms. The van der Waals surface area contributed by atoms with Crippen LogP contribution >= 0.6 is 0 Å². The molecule has 0 fully saturated rings. The van der Waals surface area contributed by atoms with Gasteiger partial charge in [-0.25, -0.2) is 4.79 Å². The molecule has 2 aromatic heterocycles. The molecule has 8 nitrogen and oxygen atoms in total. The summed E-state index contributed by atoms with van der Waals surface area (Å²) in [6.45, 7) is 5.55. The average Bonchev–Trinajstić information content (AvgIpc) is 3.10. The van der Waals surface area contributed by atoms with Crippen molar-refractivity contribution >= 4 is 23.0 Å². The molecule has 1 aromatic carbocycles. The molecule has 0 radical (unpaired) electrons. The topological polar surface area (TPSA) is 108 Å². The molecule has 0 aliphatic carbocycles. The SMILES string of the molecule is COC(=O)[C@H](CC(C)C)NC(=O)Cc1c(-c2ccc(OC)cc2)oc2c(=O)cc(C)oc12. The minimum Gasteiger partial charge on any atom is -0.497 e. The lowest BCUT2D eigenvalue weighted by Crippen LogP contribution is -2.43. The largest absolute Gasteiger partial charge is 0.497 e. The van der Waals surface area contributed by atoms with Crippen molar-refractivity contribution in [3.8, 4) is 17.1 Å². The predicted molar refractivity (Wildman–Crippen MR) is 119 cm³/mol. The van der Waals surface area contributed by atoms with E-state index in [9.17, 15) is 14.4 Å². The molecular weight excluding hydrogens is 414 g/mol. The first-order valence-electron chi connectivity index (χ1n) is 10.3. The van der Waals surface area contributed by atoms with E-state index in [1.165, 1.54) is 13.2 Å². The van der Waals surface area contributed by atoms with E-state index in [0.717, 1.165) is 0 Å². The zero-order valence-corrected chi connectivity index (χ0v) is 18.8. The lowest BCUT2D eigenvalue weighted by Gasteiger charge is -2.18. The molecule has 0 unspecified atom stereocenters. The molecule has 1 N–H and O–H groups in total. The Morgan fingerprint density at radius 1 is 1.06 bits per heavy atom. The summed E-state index contributed by atoms with van der Waals surface area (Å²) in [6, 6.07) is 7.61. The van der Waals surface area contributed by atoms with E-state index in [4.69, 9.17) is 18.3 Å². The van der Waals surface area contributed by atoms with E-state index in [1.54, 1.807) is 38.3 Å². The van der Waals surface area contributed by atoms with Crippen LogP contribution in [0.3, 0.4) is 0 Å². The third kappa shape index (κ3) is 5.01. The number of carbonyl (C=O) groups is 2. The summed E-state index contributed by atoms with van der Waals surface area (Å²) >= 11 is 0. The highest BCUT2D eigenvalue weighted by molar-refractivity contribution is 5.91. The maximum atomic E-state index is 12.9. The zero-order chi connectivity index (χ0) is 23.4. The van der Waals surface area contributed by atoms with Crippen LogP contribution in [0.15, 0.2) is 44.0 Å². The summed E-state index contributed by atoms with van der Waals surface area (Å²) < 4.78 is 21.7. The van der Waals surface area contributed by atoms with Crippen molar-refractivity contribution in [3.63, 3.8) is 0 Å². The molecule has 1 amide bonds. The minimum atomic E-state index is -0.774. The number of fused-ring (bicyclic) bond motifs is 1. The molecular formula is C24H27NO7. The van der Waals surface area contributed by atoms with Gasteiger partial charge in [0, 0.05) is 11.6 Å². The Labute approximate surface area is 185 Å². The molecule has 0 bridgehead atoms. The second-order valence-corrected chi connectivity index (χ2v) is 7.97. The van der Waals surface area contributed by atoms with E-state index in [2.05, 4.69) is 5.32 Å². The summed E-state index contributed by atoms with van der Waals surface area (Å²) in [4.78, 5) is 37.5. The molecule has 0 saturated carbocycles. The lowest BCUT2D eigenvalue weighted by atomic mass is 10.0. The van der Waals surface area contributed by atoms with E-state index < -0.39 is 17.9 Å². The second kappa shape index (κ2) is 9.72. The van der Waals surface area contributed by atoms with Gasteiger partial charge in [-0.2, -0.15) is 0 Å². The number of nitrogens with one attached hydrogen (secondary N) is 1. The van der Waals surface area contributed by atoms with Gasteiger partial charge >= 0.3 is 5.97 Å². The van der Waals surface area contributed by atoms with Crippen LogP contribution in [-0.4, -0.2) is 32.1 Å². The van der Waals surface area contributed by atoms with Gasteiger partial charge in [0.1, 0.15) is 23.3 Å². The number of amides is 1. The quantitative estimate of drug-likeness (QED) is 0.532. The Morgan fingerprint density at radius 3 is 2.34 bits per heavy atom. The van der Waals surface area contributed by atoms with Crippen LogP contribution in [0.2, 0.25) is 0 Å². The van der Waals surface area contributed by atoms with Crippen LogP contribution < -0.4 is 15.5 Å². The van der Waals surface area contributed by atoms with Gasteiger partial charge in [0.05, 0.1) is 26.2 Å². The fourth-order valence-corrected chi connectivity index (χ4v) is 3.53. The van der Waals surface area contributed by atoms with Crippen molar-refractivity contribution in [1.29, 1.82) is 0 Å². The zero-order valence-electron chi connectivity index (χ0n) is 18.8. The first-order valence-corrected chi connectivity index (χ1v) is 10.3. The van der Waals surface area contributed by atoms with Crippen molar-refractivity contribution in [3.05, 3.63) is 51.9 Å². The predicted octanol–water partition coefficient (Wildman–Crippen LogP) is 3.62. The number of hydrogen-bond acceptors (Lipinski definition) is 7. The first-order chi connectivity index (χ1) is 15.2. The average molecular weight is 441 g/mol. The van der Waals surface area contributed by atoms with Crippen molar-refractivity contribution in [2.24, 2.45) is 5.92 Å². The van der Waals surface area contributed by atoms with Gasteiger partial charge in [-0.3, -0.25) is 9.59 Å². The summed E-state index contributed by atoms with van der Waals surface area (Å²) in [5.74, 6) is 0.652. The number of carbonyl (C=O) groups excluding carboxylic acids is 2. The second-order valence-electron chi connectivity index (χ2n) is 7.97. The number of rotatable bonds is 8. The van der Waals surface area contributed by atoms with Crippen LogP contribution in [0.4, 0.5) is 0 Å². The third-order valence-corrected chi connectivity index (χ3v) is 5.00.